The first-order valence-electron chi connectivity index (χ1n) is 7.36. The highest BCUT2D eigenvalue weighted by Crippen LogP contribution is 2.33. The summed E-state index contributed by atoms with van der Waals surface area (Å²) in [5, 5.41) is 11.0. The lowest BCUT2D eigenvalue weighted by Crippen LogP contribution is -2.24. The molecule has 1 aromatic carbocycles. The molecular weight excluding hydrogens is 293 g/mol. The number of phenolic OH excluding ortho intramolecular Hbond substituents is 1. The molecule has 0 spiro atoms. The summed E-state index contributed by atoms with van der Waals surface area (Å²) in [6, 6.07) is 3.40. The first-order valence-corrected chi connectivity index (χ1v) is 8.12. The maximum Gasteiger partial charge on any atom is 0.138 e. The largest absolute Gasteiger partial charge is 0.506 e. The quantitative estimate of drug-likeness (QED) is 0.852. The number of hydrogen-bond acceptors (Lipinski definition) is 2. The van der Waals surface area contributed by atoms with Crippen LogP contribution < -0.4 is 0 Å². The van der Waals surface area contributed by atoms with E-state index in [1.165, 1.54) is 19.3 Å². The second-order valence-electron chi connectivity index (χ2n) is 6.11. The van der Waals surface area contributed by atoms with Gasteiger partial charge >= 0.3 is 0 Å². The first kappa shape index (κ1) is 15.9. The summed E-state index contributed by atoms with van der Waals surface area (Å²) < 4.78 is 0. The van der Waals surface area contributed by atoms with Gasteiger partial charge in [-0.05, 0) is 56.3 Å². The molecule has 1 heterocycles. The Morgan fingerprint density at radius 2 is 2.00 bits per heavy atom. The number of aromatic hydroxyl groups is 1. The van der Waals surface area contributed by atoms with Gasteiger partial charge < -0.3 is 5.11 Å². The van der Waals surface area contributed by atoms with E-state index in [0.29, 0.717) is 10.0 Å². The van der Waals surface area contributed by atoms with Gasteiger partial charge in [0.25, 0.3) is 0 Å². The average molecular weight is 316 g/mol. The summed E-state index contributed by atoms with van der Waals surface area (Å²) in [4.78, 5) is 2.39. The van der Waals surface area contributed by atoms with E-state index >= 15 is 0 Å². The summed E-state index contributed by atoms with van der Waals surface area (Å²) in [5.41, 5.74) is 0.825. The highest BCUT2D eigenvalue weighted by Gasteiger charge is 2.20. The molecule has 0 radical (unpaired) electrons. The van der Waals surface area contributed by atoms with Gasteiger partial charge in [0, 0.05) is 17.1 Å². The molecule has 112 valence electrons. The molecule has 0 bridgehead atoms. The van der Waals surface area contributed by atoms with Crippen LogP contribution >= 0.6 is 23.2 Å². The van der Waals surface area contributed by atoms with Gasteiger partial charge in [-0.1, -0.05) is 37.0 Å². The highest BCUT2D eigenvalue weighted by atomic mass is 35.5. The van der Waals surface area contributed by atoms with Crippen LogP contribution in [0.3, 0.4) is 0 Å². The van der Waals surface area contributed by atoms with E-state index in [4.69, 9.17) is 23.2 Å². The summed E-state index contributed by atoms with van der Waals surface area (Å²) in [7, 11) is 0. The van der Waals surface area contributed by atoms with Crippen LogP contribution in [0.5, 0.6) is 5.75 Å². The molecule has 1 unspecified atom stereocenters. The minimum Gasteiger partial charge on any atom is -0.506 e. The van der Waals surface area contributed by atoms with Gasteiger partial charge in [-0.3, -0.25) is 4.90 Å². The van der Waals surface area contributed by atoms with Gasteiger partial charge in [-0.15, -0.1) is 0 Å². The Hall–Kier alpha value is -0.440. The molecular formula is C16H23Cl2NO. The van der Waals surface area contributed by atoms with Gasteiger partial charge in [-0.2, -0.15) is 0 Å². The van der Waals surface area contributed by atoms with Crippen molar-refractivity contribution < 1.29 is 5.11 Å². The van der Waals surface area contributed by atoms with Crippen molar-refractivity contribution in [2.45, 2.75) is 39.7 Å². The van der Waals surface area contributed by atoms with E-state index in [-0.39, 0.29) is 5.75 Å². The zero-order valence-corrected chi connectivity index (χ0v) is 13.7. The smallest absolute Gasteiger partial charge is 0.138 e. The lowest BCUT2D eigenvalue weighted by Gasteiger charge is -2.22. The predicted molar refractivity (Wildman–Crippen MR) is 85.6 cm³/mol. The van der Waals surface area contributed by atoms with Crippen LogP contribution in [0.2, 0.25) is 10.0 Å². The molecule has 1 aromatic rings. The third-order valence-corrected chi connectivity index (χ3v) is 4.82. The fraction of sp³-hybridized carbons (Fsp3) is 0.625. The van der Waals surface area contributed by atoms with Crippen LogP contribution in [-0.2, 0) is 6.54 Å². The molecule has 2 rings (SSSR count). The predicted octanol–water partition coefficient (Wildman–Crippen LogP) is 4.96. The molecule has 20 heavy (non-hydrogen) atoms. The Labute approximate surface area is 131 Å². The average Bonchev–Trinajstić information content (AvgIpc) is 2.61. The summed E-state index contributed by atoms with van der Waals surface area (Å²) >= 11 is 12.0. The number of rotatable bonds is 3. The van der Waals surface area contributed by atoms with Crippen LogP contribution in [0.25, 0.3) is 0 Å². The fourth-order valence-corrected chi connectivity index (χ4v) is 3.52. The minimum absolute atomic E-state index is 0.167. The normalized spacial score (nSPS) is 21.1. The number of hydrogen-bond donors (Lipinski definition) is 1. The molecule has 1 aliphatic rings. The summed E-state index contributed by atoms with van der Waals surface area (Å²) in [6.07, 6.45) is 3.75. The van der Waals surface area contributed by atoms with Gasteiger partial charge in [0.15, 0.2) is 0 Å². The number of likely N-dealkylation sites (tertiary alicyclic amines) is 1. The molecule has 1 saturated heterocycles. The molecule has 0 amide bonds. The van der Waals surface area contributed by atoms with Crippen molar-refractivity contribution in [1.82, 2.24) is 4.90 Å². The van der Waals surface area contributed by atoms with Crippen molar-refractivity contribution in [3.8, 4) is 5.75 Å². The molecule has 0 aromatic heterocycles. The van der Waals surface area contributed by atoms with E-state index in [0.717, 1.165) is 37.0 Å². The summed E-state index contributed by atoms with van der Waals surface area (Å²) in [6.45, 7) is 7.49. The van der Waals surface area contributed by atoms with Gasteiger partial charge in [0.2, 0.25) is 0 Å². The van der Waals surface area contributed by atoms with E-state index in [2.05, 4.69) is 18.7 Å². The number of benzene rings is 1. The third-order valence-electron chi connectivity index (χ3n) is 4.31. The molecule has 0 aliphatic carbocycles. The SMILES string of the molecule is CC(C)C1CCCN(Cc2cc(Cl)cc(Cl)c2O)CC1. The van der Waals surface area contributed by atoms with Crippen molar-refractivity contribution in [1.29, 1.82) is 0 Å². The van der Waals surface area contributed by atoms with Crippen LogP contribution in [0, 0.1) is 11.8 Å². The molecule has 1 atom stereocenters. The number of halogens is 2. The Bertz CT molecular complexity index is 462. The summed E-state index contributed by atoms with van der Waals surface area (Å²) in [5.74, 6) is 1.74. The Morgan fingerprint density at radius 1 is 1.25 bits per heavy atom. The van der Waals surface area contributed by atoms with Crippen molar-refractivity contribution in [2.24, 2.45) is 11.8 Å². The second kappa shape index (κ2) is 7.02. The monoisotopic (exact) mass is 315 g/mol. The highest BCUT2D eigenvalue weighted by molar-refractivity contribution is 6.35. The molecule has 0 saturated carbocycles. The van der Waals surface area contributed by atoms with Crippen molar-refractivity contribution in [3.05, 3.63) is 27.7 Å². The first-order chi connectivity index (χ1) is 9.47. The third kappa shape index (κ3) is 4.03. The van der Waals surface area contributed by atoms with E-state index < -0.39 is 0 Å². The van der Waals surface area contributed by atoms with Crippen molar-refractivity contribution >= 4 is 23.2 Å². The number of nitrogens with zero attached hydrogens (tertiary/aromatic N) is 1. The van der Waals surface area contributed by atoms with Crippen LogP contribution in [0.1, 0.15) is 38.7 Å². The zero-order valence-electron chi connectivity index (χ0n) is 12.2. The van der Waals surface area contributed by atoms with Crippen molar-refractivity contribution in [3.63, 3.8) is 0 Å². The van der Waals surface area contributed by atoms with Crippen molar-refractivity contribution in [2.75, 3.05) is 13.1 Å². The topological polar surface area (TPSA) is 23.5 Å². The Morgan fingerprint density at radius 3 is 2.70 bits per heavy atom. The fourth-order valence-electron chi connectivity index (χ4n) is 2.99. The zero-order chi connectivity index (χ0) is 14.7. The standard InChI is InChI=1S/C16H23Cl2NO/c1-11(2)12-4-3-6-19(7-5-12)10-13-8-14(17)9-15(18)16(13)20/h8-9,11-12,20H,3-7,10H2,1-2H3. The Kier molecular flexibility index (Phi) is 5.59. The van der Waals surface area contributed by atoms with E-state index in [9.17, 15) is 5.11 Å². The lowest BCUT2D eigenvalue weighted by atomic mass is 9.89. The van der Waals surface area contributed by atoms with E-state index in [1.54, 1.807) is 6.07 Å². The molecule has 2 nitrogen and oxygen atoms in total. The van der Waals surface area contributed by atoms with Crippen LogP contribution in [0.15, 0.2) is 12.1 Å². The van der Waals surface area contributed by atoms with Gasteiger partial charge in [0.05, 0.1) is 5.02 Å². The minimum atomic E-state index is 0.167. The van der Waals surface area contributed by atoms with Gasteiger partial charge in [-0.25, -0.2) is 0 Å². The lowest BCUT2D eigenvalue weighted by molar-refractivity contribution is 0.261. The molecule has 4 heteroatoms. The van der Waals surface area contributed by atoms with Crippen LogP contribution in [-0.4, -0.2) is 23.1 Å². The van der Waals surface area contributed by atoms with Gasteiger partial charge in [0.1, 0.15) is 5.75 Å². The maximum atomic E-state index is 10.0. The van der Waals surface area contributed by atoms with Crippen LogP contribution in [0.4, 0.5) is 0 Å². The maximum absolute atomic E-state index is 10.0. The molecule has 1 N–H and O–H groups in total. The second-order valence-corrected chi connectivity index (χ2v) is 6.95. The molecule has 1 fully saturated rings. The van der Waals surface area contributed by atoms with E-state index in [1.807, 2.05) is 6.07 Å². The molecule has 1 aliphatic heterocycles. The Balaban J connectivity index is 2.03. The number of phenols is 1.